The summed E-state index contributed by atoms with van der Waals surface area (Å²) in [6, 6.07) is 8.21. The Morgan fingerprint density at radius 3 is 3.06 bits per heavy atom. The second-order valence-corrected chi connectivity index (χ2v) is 4.01. The molecule has 0 bridgehead atoms. The largest absolute Gasteiger partial charge is 0.481 e. The summed E-state index contributed by atoms with van der Waals surface area (Å²) in [6.45, 7) is 0. The van der Waals surface area contributed by atoms with Gasteiger partial charge in [0.2, 0.25) is 0 Å². The van der Waals surface area contributed by atoms with Crippen molar-refractivity contribution in [2.45, 2.75) is 12.8 Å². The Bertz CT molecular complexity index is 607. The fourth-order valence-corrected chi connectivity index (χ4v) is 2.31. The van der Waals surface area contributed by atoms with Gasteiger partial charge in [0, 0.05) is 17.3 Å². The molecule has 0 fully saturated rings. The van der Waals surface area contributed by atoms with Crippen molar-refractivity contribution < 1.29 is 9.90 Å². The zero-order valence-electron chi connectivity index (χ0n) is 8.68. The molecule has 0 saturated heterocycles. The van der Waals surface area contributed by atoms with Crippen molar-refractivity contribution >= 4 is 22.6 Å². The first-order valence-corrected chi connectivity index (χ1v) is 5.26. The van der Waals surface area contributed by atoms with E-state index in [1.165, 1.54) is 10.9 Å². The molecule has 1 aliphatic heterocycles. The number of aromatic nitrogens is 1. The van der Waals surface area contributed by atoms with Crippen molar-refractivity contribution in [1.82, 2.24) is 4.57 Å². The number of para-hydroxylation sites is 1. The molecule has 3 rings (SSSR count). The summed E-state index contributed by atoms with van der Waals surface area (Å²) in [5.74, 6) is -0.785. The summed E-state index contributed by atoms with van der Waals surface area (Å²) in [5, 5.41) is 10.0. The highest BCUT2D eigenvalue weighted by Gasteiger charge is 2.15. The predicted octanol–water partition coefficient (Wildman–Crippen LogP) is 2.51. The van der Waals surface area contributed by atoms with Gasteiger partial charge in [0.05, 0.1) is 11.9 Å². The lowest BCUT2D eigenvalue weighted by molar-refractivity contribution is -0.135. The van der Waals surface area contributed by atoms with Crippen LogP contribution >= 0.6 is 0 Å². The van der Waals surface area contributed by atoms with Crippen LogP contribution in [0.2, 0.25) is 0 Å². The molecule has 3 nitrogen and oxygen atoms in total. The molecule has 1 aromatic heterocycles. The highest BCUT2D eigenvalue weighted by molar-refractivity contribution is 5.90. The summed E-state index contributed by atoms with van der Waals surface area (Å²) >= 11 is 0. The predicted molar refractivity (Wildman–Crippen MR) is 62.2 cm³/mol. The molecule has 2 heterocycles. The number of benzene rings is 1. The molecule has 1 aromatic carbocycles. The fraction of sp³-hybridized carbons (Fsp3) is 0.154. The molecular formula is C13H11NO2. The van der Waals surface area contributed by atoms with Crippen molar-refractivity contribution in [3.8, 4) is 0 Å². The van der Waals surface area contributed by atoms with E-state index in [4.69, 9.17) is 5.11 Å². The molecular weight excluding hydrogens is 202 g/mol. The van der Waals surface area contributed by atoms with Crippen LogP contribution in [0.4, 0.5) is 0 Å². The maximum Gasteiger partial charge on any atom is 0.309 e. The summed E-state index contributed by atoms with van der Waals surface area (Å²) in [7, 11) is 0. The first kappa shape index (κ1) is 9.21. The van der Waals surface area contributed by atoms with Crippen LogP contribution in [-0.2, 0) is 11.2 Å². The van der Waals surface area contributed by atoms with E-state index in [9.17, 15) is 4.79 Å². The average molecular weight is 213 g/mol. The smallest absolute Gasteiger partial charge is 0.309 e. The molecule has 0 spiro atoms. The number of carbonyl (C=O) groups is 1. The van der Waals surface area contributed by atoms with Crippen LogP contribution in [0.25, 0.3) is 16.6 Å². The fourth-order valence-electron chi connectivity index (χ4n) is 2.31. The van der Waals surface area contributed by atoms with E-state index in [-0.39, 0.29) is 6.42 Å². The third kappa shape index (κ3) is 1.25. The zero-order chi connectivity index (χ0) is 11.1. The Hall–Kier alpha value is -2.03. The molecule has 0 atom stereocenters. The topological polar surface area (TPSA) is 42.2 Å². The first-order chi connectivity index (χ1) is 7.75. The van der Waals surface area contributed by atoms with E-state index >= 15 is 0 Å². The number of hydrogen-bond acceptors (Lipinski definition) is 1. The van der Waals surface area contributed by atoms with Gasteiger partial charge in [-0.15, -0.1) is 0 Å². The maximum absolute atomic E-state index is 10.8. The normalized spacial score (nSPS) is 13.9. The molecule has 16 heavy (non-hydrogen) atoms. The number of allylic oxidation sites excluding steroid dienone is 1. The van der Waals surface area contributed by atoms with Gasteiger partial charge in [-0.05, 0) is 18.1 Å². The minimum absolute atomic E-state index is 0.0815. The summed E-state index contributed by atoms with van der Waals surface area (Å²) in [4.78, 5) is 10.8. The van der Waals surface area contributed by atoms with Crippen molar-refractivity contribution in [2.75, 3.05) is 0 Å². The van der Waals surface area contributed by atoms with Gasteiger partial charge in [-0.1, -0.05) is 24.3 Å². The Balaban J connectivity index is 2.19. The van der Waals surface area contributed by atoms with E-state index in [1.807, 2.05) is 29.0 Å². The average Bonchev–Trinajstić information content (AvgIpc) is 2.68. The van der Waals surface area contributed by atoms with E-state index in [0.29, 0.717) is 0 Å². The standard InChI is InChI=1S/C13H11NO2/c15-12(16)8-11-5-4-9-2-1-3-10-6-7-14(11)13(9)10/h1-3,5-7H,4,8H2,(H,15,16). The van der Waals surface area contributed by atoms with Crippen LogP contribution in [0.1, 0.15) is 12.0 Å². The van der Waals surface area contributed by atoms with Crippen molar-refractivity contribution in [1.29, 1.82) is 0 Å². The number of carboxylic acids is 1. The van der Waals surface area contributed by atoms with Gasteiger partial charge in [0.25, 0.3) is 0 Å². The van der Waals surface area contributed by atoms with E-state index in [0.717, 1.165) is 17.6 Å². The third-order valence-electron chi connectivity index (χ3n) is 2.99. The molecule has 0 radical (unpaired) electrons. The molecule has 3 heteroatoms. The van der Waals surface area contributed by atoms with Gasteiger partial charge in [-0.25, -0.2) is 0 Å². The molecule has 0 aliphatic carbocycles. The second kappa shape index (κ2) is 3.23. The monoisotopic (exact) mass is 213 g/mol. The Morgan fingerprint density at radius 2 is 2.25 bits per heavy atom. The van der Waals surface area contributed by atoms with Gasteiger partial charge in [0.15, 0.2) is 0 Å². The minimum Gasteiger partial charge on any atom is -0.481 e. The van der Waals surface area contributed by atoms with E-state index in [1.54, 1.807) is 0 Å². The van der Waals surface area contributed by atoms with Gasteiger partial charge < -0.3 is 9.67 Å². The molecule has 0 amide bonds. The Morgan fingerprint density at radius 1 is 1.38 bits per heavy atom. The molecule has 1 aliphatic rings. The number of hydrogen-bond donors (Lipinski definition) is 1. The highest BCUT2D eigenvalue weighted by Crippen LogP contribution is 2.29. The summed E-state index contributed by atoms with van der Waals surface area (Å²) < 4.78 is 1.99. The molecule has 1 N–H and O–H groups in total. The number of rotatable bonds is 2. The molecule has 2 aromatic rings. The van der Waals surface area contributed by atoms with Gasteiger partial charge in [0.1, 0.15) is 0 Å². The van der Waals surface area contributed by atoms with Crippen LogP contribution in [0, 0.1) is 0 Å². The van der Waals surface area contributed by atoms with E-state index in [2.05, 4.69) is 12.1 Å². The lowest BCUT2D eigenvalue weighted by Crippen LogP contribution is -2.07. The number of aliphatic carboxylic acids is 1. The van der Waals surface area contributed by atoms with Gasteiger partial charge in [-0.3, -0.25) is 4.79 Å². The van der Waals surface area contributed by atoms with Crippen LogP contribution in [0.3, 0.4) is 0 Å². The number of nitrogens with zero attached hydrogens (tertiary/aromatic N) is 1. The van der Waals surface area contributed by atoms with Crippen molar-refractivity contribution in [3.05, 3.63) is 42.1 Å². The molecule has 0 saturated carbocycles. The minimum atomic E-state index is -0.785. The lowest BCUT2D eigenvalue weighted by atomic mass is 10.0. The quantitative estimate of drug-likeness (QED) is 0.832. The van der Waals surface area contributed by atoms with Crippen LogP contribution in [0.5, 0.6) is 0 Å². The van der Waals surface area contributed by atoms with Crippen molar-refractivity contribution in [3.63, 3.8) is 0 Å². The lowest BCUT2D eigenvalue weighted by Gasteiger charge is -2.16. The molecule has 0 unspecified atom stereocenters. The summed E-state index contributed by atoms with van der Waals surface area (Å²) in [5.41, 5.74) is 3.28. The molecule has 80 valence electrons. The number of carboxylic acid groups (broad SMARTS) is 1. The SMILES string of the molecule is O=C(O)CC1=CCc2cccc3ccn1c23. The van der Waals surface area contributed by atoms with Gasteiger partial charge in [-0.2, -0.15) is 0 Å². The van der Waals surface area contributed by atoms with Crippen molar-refractivity contribution in [2.24, 2.45) is 0 Å². The highest BCUT2D eigenvalue weighted by atomic mass is 16.4. The van der Waals surface area contributed by atoms with Crippen LogP contribution < -0.4 is 0 Å². The summed E-state index contributed by atoms with van der Waals surface area (Å²) in [6.07, 6.45) is 4.85. The van der Waals surface area contributed by atoms with Crippen LogP contribution in [0.15, 0.2) is 36.5 Å². The maximum atomic E-state index is 10.8. The van der Waals surface area contributed by atoms with E-state index < -0.39 is 5.97 Å². The third-order valence-corrected chi connectivity index (χ3v) is 2.99. The first-order valence-electron chi connectivity index (χ1n) is 5.26. The Kier molecular flexibility index (Phi) is 1.86. The van der Waals surface area contributed by atoms with Gasteiger partial charge >= 0.3 is 5.97 Å². The Labute approximate surface area is 92.6 Å². The van der Waals surface area contributed by atoms with Crippen LogP contribution in [-0.4, -0.2) is 15.6 Å². The second-order valence-electron chi connectivity index (χ2n) is 4.01. The zero-order valence-corrected chi connectivity index (χ0v) is 8.68.